The molecule has 29 heavy (non-hydrogen) atoms. The molecule has 1 aromatic heterocycles. The molecule has 1 aliphatic heterocycles. The van der Waals surface area contributed by atoms with Gasteiger partial charge in [0.05, 0.1) is 6.04 Å². The molecular formula is C22H28ClN5O. The maximum Gasteiger partial charge on any atom is 0.318 e. The number of carbonyl (C=O) groups excluding carboxylic acids is 1. The summed E-state index contributed by atoms with van der Waals surface area (Å²) in [5, 5.41) is 12.2. The first-order valence-electron chi connectivity index (χ1n) is 10.5. The maximum atomic E-state index is 13.2. The lowest BCUT2D eigenvalue weighted by Gasteiger charge is -2.46. The molecule has 0 radical (unpaired) electrons. The fourth-order valence-corrected chi connectivity index (χ4v) is 4.35. The van der Waals surface area contributed by atoms with Crippen LogP contribution in [-0.4, -0.2) is 46.3 Å². The van der Waals surface area contributed by atoms with Crippen LogP contribution in [0.3, 0.4) is 0 Å². The van der Waals surface area contributed by atoms with Gasteiger partial charge < -0.3 is 15.1 Å². The predicted molar refractivity (Wildman–Crippen MR) is 115 cm³/mol. The van der Waals surface area contributed by atoms with Crippen LogP contribution in [0.4, 0.5) is 10.6 Å². The minimum atomic E-state index is 0.0355. The van der Waals surface area contributed by atoms with Crippen molar-refractivity contribution in [1.82, 2.24) is 20.4 Å². The monoisotopic (exact) mass is 413 g/mol. The number of urea groups is 1. The first kappa shape index (κ1) is 20.0. The third-order valence-electron chi connectivity index (χ3n) is 6.04. The minimum absolute atomic E-state index is 0.0355. The van der Waals surface area contributed by atoms with E-state index in [1.165, 1.54) is 6.42 Å². The second kappa shape index (κ2) is 8.99. The molecule has 4 rings (SSSR count). The quantitative estimate of drug-likeness (QED) is 0.799. The number of nitrogens with one attached hydrogen (secondary N) is 1. The number of carbonyl (C=O) groups is 1. The summed E-state index contributed by atoms with van der Waals surface area (Å²) < 4.78 is 0. The summed E-state index contributed by atoms with van der Waals surface area (Å²) >= 11 is 6.12. The third-order valence-corrected chi connectivity index (χ3v) is 6.46. The fraction of sp³-hybridized carbons (Fsp3) is 0.500. The van der Waals surface area contributed by atoms with Crippen molar-refractivity contribution in [3.05, 3.63) is 52.7 Å². The minimum Gasteiger partial charge on any atom is -0.353 e. The molecule has 1 saturated carbocycles. The highest BCUT2D eigenvalue weighted by molar-refractivity contribution is 6.31. The van der Waals surface area contributed by atoms with E-state index >= 15 is 0 Å². The van der Waals surface area contributed by atoms with Crippen molar-refractivity contribution < 1.29 is 4.79 Å². The first-order valence-corrected chi connectivity index (χ1v) is 10.8. The molecule has 2 amide bonds. The van der Waals surface area contributed by atoms with Gasteiger partial charge in [-0.05, 0) is 68.4 Å². The van der Waals surface area contributed by atoms with Gasteiger partial charge >= 0.3 is 6.03 Å². The summed E-state index contributed by atoms with van der Waals surface area (Å²) in [6.45, 7) is 4.26. The zero-order valence-corrected chi connectivity index (χ0v) is 17.6. The topological polar surface area (TPSA) is 61.4 Å². The number of benzene rings is 1. The standard InChI is InChI=1S/C22H28ClN5O/c1-16-13-17(9-10-20(16)23)14-24-22(29)28(18-5-2-6-18)19-7-4-12-27(15-19)21-8-3-11-25-26-21/h3,8-11,13,18-19H,2,4-7,12,14-15H2,1H3,(H,24,29)/t19-/m0/s1. The number of aromatic nitrogens is 2. The van der Waals surface area contributed by atoms with Crippen molar-refractivity contribution in [3.8, 4) is 0 Å². The molecule has 1 atom stereocenters. The van der Waals surface area contributed by atoms with Gasteiger partial charge in [0.15, 0.2) is 5.82 Å². The van der Waals surface area contributed by atoms with E-state index in [0.29, 0.717) is 12.6 Å². The average Bonchev–Trinajstić information content (AvgIpc) is 2.72. The summed E-state index contributed by atoms with van der Waals surface area (Å²) in [4.78, 5) is 17.5. The Morgan fingerprint density at radius 1 is 1.24 bits per heavy atom. The molecule has 0 bridgehead atoms. The van der Waals surface area contributed by atoms with Gasteiger partial charge in [0.25, 0.3) is 0 Å². The summed E-state index contributed by atoms with van der Waals surface area (Å²) in [6.07, 6.45) is 7.15. The zero-order chi connectivity index (χ0) is 20.2. The lowest BCUT2D eigenvalue weighted by molar-refractivity contribution is 0.0963. The molecule has 1 aliphatic carbocycles. The molecule has 0 unspecified atom stereocenters. The van der Waals surface area contributed by atoms with E-state index in [-0.39, 0.29) is 12.1 Å². The van der Waals surface area contributed by atoms with Crippen molar-refractivity contribution in [1.29, 1.82) is 0 Å². The Morgan fingerprint density at radius 3 is 2.76 bits per heavy atom. The molecule has 2 aromatic rings. The van der Waals surface area contributed by atoms with E-state index in [9.17, 15) is 4.79 Å². The molecule has 2 aliphatic rings. The smallest absolute Gasteiger partial charge is 0.318 e. The van der Waals surface area contributed by atoms with E-state index < -0.39 is 0 Å². The molecule has 2 heterocycles. The SMILES string of the molecule is Cc1cc(CNC(=O)N(C2CCC2)[C@H]2CCCN(c3cccnn3)C2)ccc1Cl. The highest BCUT2D eigenvalue weighted by atomic mass is 35.5. The van der Waals surface area contributed by atoms with Crippen molar-refractivity contribution in [2.24, 2.45) is 0 Å². The van der Waals surface area contributed by atoms with Crippen LogP contribution in [-0.2, 0) is 6.54 Å². The number of halogens is 1. The zero-order valence-electron chi connectivity index (χ0n) is 16.9. The highest BCUT2D eigenvalue weighted by Gasteiger charge is 2.36. The number of rotatable bonds is 5. The van der Waals surface area contributed by atoms with Gasteiger partial charge in [0, 0.05) is 36.9 Å². The number of piperidine rings is 1. The van der Waals surface area contributed by atoms with Gasteiger partial charge in [-0.2, -0.15) is 5.10 Å². The van der Waals surface area contributed by atoms with Crippen LogP contribution in [0.2, 0.25) is 5.02 Å². The van der Waals surface area contributed by atoms with Crippen molar-refractivity contribution in [2.75, 3.05) is 18.0 Å². The number of hydrogen-bond acceptors (Lipinski definition) is 4. The van der Waals surface area contributed by atoms with Gasteiger partial charge in [0.2, 0.25) is 0 Å². The van der Waals surface area contributed by atoms with Gasteiger partial charge in [0.1, 0.15) is 0 Å². The molecule has 7 heteroatoms. The van der Waals surface area contributed by atoms with Gasteiger partial charge in [-0.3, -0.25) is 0 Å². The Kier molecular flexibility index (Phi) is 6.19. The first-order chi connectivity index (χ1) is 14.1. The molecule has 6 nitrogen and oxygen atoms in total. The van der Waals surface area contributed by atoms with E-state index in [1.807, 2.05) is 37.3 Å². The molecule has 0 spiro atoms. The lowest BCUT2D eigenvalue weighted by atomic mass is 9.89. The number of nitrogens with zero attached hydrogens (tertiary/aromatic N) is 4. The normalized spacial score (nSPS) is 19.5. The van der Waals surface area contributed by atoms with Crippen molar-refractivity contribution in [3.63, 3.8) is 0 Å². The molecule has 1 N–H and O–H groups in total. The van der Waals surface area contributed by atoms with Gasteiger partial charge in [-0.25, -0.2) is 4.79 Å². The van der Waals surface area contributed by atoms with E-state index in [2.05, 4.69) is 25.3 Å². The Balaban J connectivity index is 1.44. The predicted octanol–water partition coefficient (Wildman–Crippen LogP) is 4.17. The average molecular weight is 414 g/mol. The van der Waals surface area contributed by atoms with Crippen molar-refractivity contribution >= 4 is 23.4 Å². The number of anilines is 1. The van der Waals surface area contributed by atoms with Crippen LogP contribution in [0.1, 0.15) is 43.2 Å². The highest BCUT2D eigenvalue weighted by Crippen LogP contribution is 2.30. The van der Waals surface area contributed by atoms with Crippen molar-refractivity contribution in [2.45, 2.75) is 57.7 Å². The largest absolute Gasteiger partial charge is 0.353 e. The van der Waals surface area contributed by atoms with Gasteiger partial charge in [-0.1, -0.05) is 23.7 Å². The third kappa shape index (κ3) is 4.64. The van der Waals surface area contributed by atoms with E-state index in [0.717, 1.165) is 60.7 Å². The number of hydrogen-bond donors (Lipinski definition) is 1. The van der Waals surface area contributed by atoms with Crippen LogP contribution in [0.25, 0.3) is 0 Å². The van der Waals surface area contributed by atoms with Crippen LogP contribution < -0.4 is 10.2 Å². The lowest BCUT2D eigenvalue weighted by Crippen LogP contribution is -2.58. The van der Waals surface area contributed by atoms with Crippen LogP contribution in [0.15, 0.2) is 36.5 Å². The summed E-state index contributed by atoms with van der Waals surface area (Å²) in [5.74, 6) is 0.891. The molecule has 1 aromatic carbocycles. The second-order valence-electron chi connectivity index (χ2n) is 8.06. The Bertz CT molecular complexity index is 842. The van der Waals surface area contributed by atoms with Crippen LogP contribution in [0, 0.1) is 6.92 Å². The fourth-order valence-electron chi connectivity index (χ4n) is 4.23. The summed E-state index contributed by atoms with van der Waals surface area (Å²) in [7, 11) is 0. The molecule has 2 fully saturated rings. The Morgan fingerprint density at radius 2 is 2.07 bits per heavy atom. The Labute approximate surface area is 177 Å². The van der Waals surface area contributed by atoms with E-state index in [4.69, 9.17) is 11.6 Å². The molecule has 1 saturated heterocycles. The van der Waals surface area contributed by atoms with Gasteiger partial charge in [-0.15, -0.1) is 5.10 Å². The number of amides is 2. The molecule has 154 valence electrons. The van der Waals surface area contributed by atoms with E-state index in [1.54, 1.807) is 6.20 Å². The summed E-state index contributed by atoms with van der Waals surface area (Å²) in [6, 6.07) is 10.4. The molecular weight excluding hydrogens is 386 g/mol. The maximum absolute atomic E-state index is 13.2. The van der Waals surface area contributed by atoms with Crippen LogP contribution in [0.5, 0.6) is 0 Å². The Hall–Kier alpha value is -2.34. The summed E-state index contributed by atoms with van der Waals surface area (Å²) in [5.41, 5.74) is 2.10. The van der Waals surface area contributed by atoms with Crippen LogP contribution >= 0.6 is 11.6 Å². The number of aryl methyl sites for hydroxylation is 1. The second-order valence-corrected chi connectivity index (χ2v) is 8.47.